The summed E-state index contributed by atoms with van der Waals surface area (Å²) in [5.41, 5.74) is 1.80. The van der Waals surface area contributed by atoms with Gasteiger partial charge in [0.25, 0.3) is 0 Å². The largest absolute Gasteiger partial charge is 0.343 e. The zero-order valence-corrected chi connectivity index (χ0v) is 13.1. The van der Waals surface area contributed by atoms with E-state index in [9.17, 15) is 4.39 Å². The molecule has 1 aromatic heterocycles. The van der Waals surface area contributed by atoms with E-state index in [1.807, 2.05) is 30.5 Å². The molecule has 1 aromatic carbocycles. The van der Waals surface area contributed by atoms with Crippen LogP contribution in [0, 0.1) is 5.82 Å². The van der Waals surface area contributed by atoms with Crippen LogP contribution in [0.3, 0.4) is 0 Å². The molecule has 0 N–H and O–H groups in total. The summed E-state index contributed by atoms with van der Waals surface area (Å²) in [6, 6.07) is 10.9. The van der Waals surface area contributed by atoms with Crippen LogP contribution in [0.2, 0.25) is 0 Å². The van der Waals surface area contributed by atoms with E-state index in [4.69, 9.17) is 0 Å². The monoisotopic (exact) mass is 315 g/mol. The molecule has 3 nitrogen and oxygen atoms in total. The molecule has 0 atom stereocenters. The van der Waals surface area contributed by atoms with Gasteiger partial charge < -0.3 is 4.90 Å². The van der Waals surface area contributed by atoms with Gasteiger partial charge in [0.2, 0.25) is 0 Å². The molecule has 1 aliphatic rings. The molecule has 0 amide bonds. The minimum absolute atomic E-state index is 0.167. The maximum absolute atomic E-state index is 14.0. The summed E-state index contributed by atoms with van der Waals surface area (Å²) in [4.78, 5) is 10.9. The predicted molar refractivity (Wildman–Crippen MR) is 89.3 cm³/mol. The molecule has 0 fully saturated rings. The third-order valence-electron chi connectivity index (χ3n) is 3.47. The summed E-state index contributed by atoms with van der Waals surface area (Å²) in [6.07, 6.45) is 4.72. The summed E-state index contributed by atoms with van der Waals surface area (Å²) in [6.45, 7) is 2.06. The standard InChI is InChI=1S/C17H18FN3S/c18-16-7-2-1-6-15(16)13-21(17-20-9-4-10-22-17)12-14-5-3-8-19-11-14/h1-3,5-8,11H,4,9-10,12-13H2. The van der Waals surface area contributed by atoms with E-state index in [0.29, 0.717) is 18.7 Å². The fourth-order valence-corrected chi connectivity index (χ4v) is 3.33. The highest BCUT2D eigenvalue weighted by molar-refractivity contribution is 8.13. The Morgan fingerprint density at radius 3 is 2.77 bits per heavy atom. The highest BCUT2D eigenvalue weighted by atomic mass is 32.2. The number of nitrogens with zero attached hydrogens (tertiary/aromatic N) is 3. The van der Waals surface area contributed by atoms with Gasteiger partial charge in [-0.2, -0.15) is 0 Å². The Bertz CT molecular complexity index is 645. The zero-order valence-electron chi connectivity index (χ0n) is 12.3. The Labute approximate surface area is 134 Å². The van der Waals surface area contributed by atoms with Crippen LogP contribution >= 0.6 is 11.8 Å². The SMILES string of the molecule is Fc1ccccc1CN(Cc1cccnc1)C1=NCCCS1. The first-order valence-electron chi connectivity index (χ1n) is 7.37. The van der Waals surface area contributed by atoms with Gasteiger partial charge in [0.15, 0.2) is 5.17 Å². The minimum Gasteiger partial charge on any atom is -0.343 e. The minimum atomic E-state index is -0.167. The van der Waals surface area contributed by atoms with Gasteiger partial charge in [-0.25, -0.2) is 4.39 Å². The lowest BCUT2D eigenvalue weighted by Crippen LogP contribution is -2.30. The number of rotatable bonds is 4. The first kappa shape index (κ1) is 15.0. The maximum Gasteiger partial charge on any atom is 0.159 e. The van der Waals surface area contributed by atoms with Crippen LogP contribution in [0.4, 0.5) is 4.39 Å². The van der Waals surface area contributed by atoms with Crippen molar-refractivity contribution in [3.8, 4) is 0 Å². The second-order valence-electron chi connectivity index (χ2n) is 5.18. The van der Waals surface area contributed by atoms with E-state index in [-0.39, 0.29) is 5.82 Å². The van der Waals surface area contributed by atoms with Crippen molar-refractivity contribution in [1.82, 2.24) is 9.88 Å². The number of aliphatic imine (C=N–C) groups is 1. The van der Waals surface area contributed by atoms with Crippen LogP contribution in [0.1, 0.15) is 17.5 Å². The second-order valence-corrected chi connectivity index (χ2v) is 6.24. The molecule has 0 spiro atoms. The van der Waals surface area contributed by atoms with E-state index in [1.54, 1.807) is 24.0 Å². The molecule has 2 aromatic rings. The molecule has 0 saturated carbocycles. The molecule has 114 valence electrons. The first-order chi connectivity index (χ1) is 10.8. The molecule has 0 aliphatic carbocycles. The lowest BCUT2D eigenvalue weighted by atomic mass is 10.2. The van der Waals surface area contributed by atoms with E-state index < -0.39 is 0 Å². The van der Waals surface area contributed by atoms with Crippen molar-refractivity contribution in [2.75, 3.05) is 12.3 Å². The van der Waals surface area contributed by atoms with Gasteiger partial charge in [0.05, 0.1) is 0 Å². The normalized spacial score (nSPS) is 14.5. The van der Waals surface area contributed by atoms with E-state index >= 15 is 0 Å². The molecule has 0 saturated heterocycles. The molecular formula is C17H18FN3S. The van der Waals surface area contributed by atoms with Gasteiger partial charge in [-0.05, 0) is 24.1 Å². The quantitative estimate of drug-likeness (QED) is 0.861. The van der Waals surface area contributed by atoms with E-state index in [2.05, 4.69) is 14.9 Å². The molecule has 3 rings (SSSR count). The van der Waals surface area contributed by atoms with Crippen molar-refractivity contribution in [1.29, 1.82) is 0 Å². The number of amidine groups is 1. The zero-order chi connectivity index (χ0) is 15.2. The fraction of sp³-hybridized carbons (Fsp3) is 0.294. The molecule has 22 heavy (non-hydrogen) atoms. The number of halogens is 1. The van der Waals surface area contributed by atoms with Gasteiger partial charge >= 0.3 is 0 Å². The average molecular weight is 315 g/mol. The molecule has 2 heterocycles. The smallest absolute Gasteiger partial charge is 0.159 e. The number of thioether (sulfide) groups is 1. The van der Waals surface area contributed by atoms with Crippen molar-refractivity contribution < 1.29 is 4.39 Å². The van der Waals surface area contributed by atoms with Crippen molar-refractivity contribution in [2.45, 2.75) is 19.5 Å². The Morgan fingerprint density at radius 1 is 1.14 bits per heavy atom. The van der Waals surface area contributed by atoms with E-state index in [0.717, 1.165) is 29.4 Å². The number of pyridine rings is 1. The van der Waals surface area contributed by atoms with Crippen molar-refractivity contribution >= 4 is 16.9 Å². The van der Waals surface area contributed by atoms with E-state index in [1.165, 1.54) is 6.07 Å². The number of hydrogen-bond acceptors (Lipinski definition) is 4. The molecule has 0 bridgehead atoms. The van der Waals surface area contributed by atoms with Gasteiger partial charge in [-0.15, -0.1) is 0 Å². The maximum atomic E-state index is 14.0. The topological polar surface area (TPSA) is 28.5 Å². The number of benzene rings is 1. The number of hydrogen-bond donors (Lipinski definition) is 0. The highest BCUT2D eigenvalue weighted by Crippen LogP contribution is 2.21. The molecule has 0 radical (unpaired) electrons. The van der Waals surface area contributed by atoms with Crippen LogP contribution < -0.4 is 0 Å². The number of aromatic nitrogens is 1. The lowest BCUT2D eigenvalue weighted by molar-refractivity contribution is 0.402. The first-order valence-corrected chi connectivity index (χ1v) is 8.36. The average Bonchev–Trinajstić information content (AvgIpc) is 2.58. The van der Waals surface area contributed by atoms with Crippen LogP contribution in [0.15, 0.2) is 53.8 Å². The lowest BCUT2D eigenvalue weighted by Gasteiger charge is -2.27. The fourth-order valence-electron chi connectivity index (χ4n) is 2.38. The molecule has 0 unspecified atom stereocenters. The third kappa shape index (κ3) is 3.85. The summed E-state index contributed by atoms with van der Waals surface area (Å²) in [7, 11) is 0. The predicted octanol–water partition coefficient (Wildman–Crippen LogP) is 3.72. The van der Waals surface area contributed by atoms with Gasteiger partial charge in [-0.1, -0.05) is 36.0 Å². The summed E-state index contributed by atoms with van der Waals surface area (Å²) < 4.78 is 14.0. The van der Waals surface area contributed by atoms with Crippen LogP contribution in [-0.2, 0) is 13.1 Å². The van der Waals surface area contributed by atoms with Crippen molar-refractivity contribution in [3.63, 3.8) is 0 Å². The van der Waals surface area contributed by atoms with Crippen LogP contribution in [0.25, 0.3) is 0 Å². The van der Waals surface area contributed by atoms with Crippen LogP contribution in [0.5, 0.6) is 0 Å². The van der Waals surface area contributed by atoms with Crippen LogP contribution in [-0.4, -0.2) is 27.3 Å². The Hall–Kier alpha value is -1.88. The van der Waals surface area contributed by atoms with Gasteiger partial charge in [0, 0.05) is 43.3 Å². The Morgan fingerprint density at radius 2 is 2.05 bits per heavy atom. The van der Waals surface area contributed by atoms with Crippen molar-refractivity contribution in [2.24, 2.45) is 4.99 Å². The summed E-state index contributed by atoms with van der Waals surface area (Å²) in [5, 5.41) is 0.998. The third-order valence-corrected chi connectivity index (χ3v) is 4.60. The Balaban J connectivity index is 1.82. The molecular weight excluding hydrogens is 297 g/mol. The van der Waals surface area contributed by atoms with Gasteiger partial charge in [0.1, 0.15) is 5.82 Å². The molecule has 5 heteroatoms. The summed E-state index contributed by atoms with van der Waals surface area (Å²) >= 11 is 1.75. The van der Waals surface area contributed by atoms with Crippen molar-refractivity contribution in [3.05, 3.63) is 65.7 Å². The Kier molecular flexibility index (Phi) is 5.06. The summed E-state index contributed by atoms with van der Waals surface area (Å²) in [5.74, 6) is 0.903. The molecule has 1 aliphatic heterocycles. The highest BCUT2D eigenvalue weighted by Gasteiger charge is 2.17. The van der Waals surface area contributed by atoms with Gasteiger partial charge in [-0.3, -0.25) is 9.98 Å². The second kappa shape index (κ2) is 7.40.